The molecule has 0 aromatic rings. The second-order valence-electron chi connectivity index (χ2n) is 4.37. The molecule has 0 amide bonds. The summed E-state index contributed by atoms with van der Waals surface area (Å²) in [4.78, 5) is 13.5. The average Bonchev–Trinajstić information content (AvgIpc) is 2.22. The van der Waals surface area contributed by atoms with E-state index >= 15 is 0 Å². The Morgan fingerprint density at radius 1 is 1.38 bits per heavy atom. The van der Waals surface area contributed by atoms with Gasteiger partial charge >= 0.3 is 5.97 Å². The Morgan fingerprint density at radius 2 is 2.06 bits per heavy atom. The molecule has 96 valence electrons. The molecule has 0 radical (unpaired) electrons. The van der Waals surface area contributed by atoms with Crippen LogP contribution < -0.4 is 5.32 Å². The van der Waals surface area contributed by atoms with Gasteiger partial charge in [0.1, 0.15) is 0 Å². The van der Waals surface area contributed by atoms with Gasteiger partial charge in [-0.15, -0.1) is 0 Å². The number of hydrogen-bond acceptors (Lipinski definition) is 4. The van der Waals surface area contributed by atoms with Crippen LogP contribution >= 0.6 is 0 Å². The van der Waals surface area contributed by atoms with Crippen LogP contribution in [0.25, 0.3) is 0 Å². The molecule has 1 atom stereocenters. The van der Waals surface area contributed by atoms with Crippen molar-refractivity contribution in [3.63, 3.8) is 0 Å². The van der Waals surface area contributed by atoms with Gasteiger partial charge in [0, 0.05) is 6.54 Å². The maximum absolute atomic E-state index is 11.3. The number of carbonyl (C=O) groups excluding carboxylic acids is 1. The third kappa shape index (κ3) is 8.68. The molecule has 4 heteroatoms. The van der Waals surface area contributed by atoms with Crippen LogP contribution in [0.15, 0.2) is 0 Å². The largest absolute Gasteiger partial charge is 0.466 e. The molecule has 0 aromatic heterocycles. The molecule has 16 heavy (non-hydrogen) atoms. The van der Waals surface area contributed by atoms with Crippen molar-refractivity contribution < 1.29 is 9.53 Å². The first-order chi connectivity index (χ1) is 7.57. The summed E-state index contributed by atoms with van der Waals surface area (Å²) < 4.78 is 4.93. The minimum Gasteiger partial charge on any atom is -0.466 e. The van der Waals surface area contributed by atoms with Gasteiger partial charge in [0.05, 0.1) is 12.5 Å². The molecule has 0 spiro atoms. The predicted octanol–water partition coefficient (Wildman–Crippen LogP) is 1.12. The maximum Gasteiger partial charge on any atom is 0.309 e. The third-order valence-electron chi connectivity index (χ3n) is 2.35. The van der Waals surface area contributed by atoms with Crippen LogP contribution in [-0.2, 0) is 9.53 Å². The standard InChI is InChI=1S/C12H26N2O2/c1-5-16-12(15)11(2)10-13-8-6-7-9-14(3)4/h11,13H,5-10H2,1-4H3. The van der Waals surface area contributed by atoms with E-state index in [2.05, 4.69) is 24.3 Å². The number of unbranched alkanes of at least 4 members (excludes halogenated alkanes) is 1. The zero-order chi connectivity index (χ0) is 12.4. The van der Waals surface area contributed by atoms with Crippen LogP contribution in [-0.4, -0.2) is 51.2 Å². The first kappa shape index (κ1) is 15.4. The van der Waals surface area contributed by atoms with Crippen LogP contribution in [0.4, 0.5) is 0 Å². The van der Waals surface area contributed by atoms with Crippen LogP contribution in [0.1, 0.15) is 26.7 Å². The maximum atomic E-state index is 11.3. The quantitative estimate of drug-likeness (QED) is 0.476. The highest BCUT2D eigenvalue weighted by Crippen LogP contribution is 1.97. The van der Waals surface area contributed by atoms with Crippen molar-refractivity contribution in [3.8, 4) is 0 Å². The van der Waals surface area contributed by atoms with Gasteiger partial charge in [0.25, 0.3) is 0 Å². The number of hydrogen-bond donors (Lipinski definition) is 1. The minimum absolute atomic E-state index is 0.0474. The van der Waals surface area contributed by atoms with Crippen LogP contribution in [0.3, 0.4) is 0 Å². The van der Waals surface area contributed by atoms with Gasteiger partial charge in [-0.25, -0.2) is 0 Å². The first-order valence-electron chi connectivity index (χ1n) is 6.10. The Morgan fingerprint density at radius 3 is 2.62 bits per heavy atom. The smallest absolute Gasteiger partial charge is 0.309 e. The second-order valence-corrected chi connectivity index (χ2v) is 4.37. The highest BCUT2D eigenvalue weighted by molar-refractivity contribution is 5.72. The molecule has 0 rings (SSSR count). The first-order valence-corrected chi connectivity index (χ1v) is 6.10. The monoisotopic (exact) mass is 230 g/mol. The van der Waals surface area contributed by atoms with Gasteiger partial charge < -0.3 is 15.0 Å². The van der Waals surface area contributed by atoms with E-state index in [-0.39, 0.29) is 11.9 Å². The molecule has 0 aromatic carbocycles. The Bertz CT molecular complexity index is 184. The molecule has 0 heterocycles. The van der Waals surface area contributed by atoms with E-state index in [1.807, 2.05) is 13.8 Å². The summed E-state index contributed by atoms with van der Waals surface area (Å²) in [5, 5.41) is 3.28. The van der Waals surface area contributed by atoms with Gasteiger partial charge in [-0.1, -0.05) is 6.92 Å². The SMILES string of the molecule is CCOC(=O)C(C)CNCCCCN(C)C. The van der Waals surface area contributed by atoms with E-state index in [0.717, 1.165) is 19.5 Å². The Kier molecular flexibility index (Phi) is 9.24. The molecule has 0 aliphatic rings. The zero-order valence-corrected chi connectivity index (χ0v) is 11.1. The molecule has 1 N–H and O–H groups in total. The summed E-state index contributed by atoms with van der Waals surface area (Å²) in [6, 6.07) is 0. The van der Waals surface area contributed by atoms with Crippen molar-refractivity contribution in [2.45, 2.75) is 26.7 Å². The molecular weight excluding hydrogens is 204 g/mol. The van der Waals surface area contributed by atoms with Gasteiger partial charge in [0.2, 0.25) is 0 Å². The normalized spacial score (nSPS) is 12.8. The Labute approximate surface area is 99.3 Å². The number of carbonyl (C=O) groups is 1. The molecule has 0 fully saturated rings. The van der Waals surface area contributed by atoms with Crippen molar-refractivity contribution in [3.05, 3.63) is 0 Å². The van der Waals surface area contributed by atoms with E-state index in [1.165, 1.54) is 6.42 Å². The molecule has 4 nitrogen and oxygen atoms in total. The van der Waals surface area contributed by atoms with Crippen molar-refractivity contribution in [2.75, 3.05) is 40.3 Å². The van der Waals surface area contributed by atoms with Crippen LogP contribution in [0, 0.1) is 5.92 Å². The molecule has 0 aliphatic heterocycles. The van der Waals surface area contributed by atoms with E-state index in [1.54, 1.807) is 0 Å². The van der Waals surface area contributed by atoms with Gasteiger partial charge in [0.15, 0.2) is 0 Å². The lowest BCUT2D eigenvalue weighted by atomic mass is 10.2. The van der Waals surface area contributed by atoms with E-state index < -0.39 is 0 Å². The number of rotatable bonds is 9. The van der Waals surface area contributed by atoms with Crippen molar-refractivity contribution in [1.82, 2.24) is 10.2 Å². The van der Waals surface area contributed by atoms with Crippen molar-refractivity contribution in [2.24, 2.45) is 5.92 Å². The molecule has 1 unspecified atom stereocenters. The fourth-order valence-corrected chi connectivity index (χ4v) is 1.36. The van der Waals surface area contributed by atoms with E-state index in [0.29, 0.717) is 13.2 Å². The summed E-state index contributed by atoms with van der Waals surface area (Å²) >= 11 is 0. The second kappa shape index (κ2) is 9.60. The predicted molar refractivity (Wildman–Crippen MR) is 66.5 cm³/mol. The minimum atomic E-state index is -0.108. The summed E-state index contributed by atoms with van der Waals surface area (Å²) in [6.07, 6.45) is 2.33. The third-order valence-corrected chi connectivity index (χ3v) is 2.35. The molecular formula is C12H26N2O2. The fourth-order valence-electron chi connectivity index (χ4n) is 1.36. The van der Waals surface area contributed by atoms with Crippen molar-refractivity contribution >= 4 is 5.97 Å². The van der Waals surface area contributed by atoms with Crippen molar-refractivity contribution in [1.29, 1.82) is 0 Å². The highest BCUT2D eigenvalue weighted by atomic mass is 16.5. The number of nitrogens with one attached hydrogen (secondary N) is 1. The zero-order valence-electron chi connectivity index (χ0n) is 11.1. The lowest BCUT2D eigenvalue weighted by Crippen LogP contribution is -2.28. The van der Waals surface area contributed by atoms with Gasteiger partial charge in [-0.3, -0.25) is 4.79 Å². The van der Waals surface area contributed by atoms with Crippen LogP contribution in [0.2, 0.25) is 0 Å². The number of esters is 1. The van der Waals surface area contributed by atoms with E-state index in [9.17, 15) is 4.79 Å². The van der Waals surface area contributed by atoms with Gasteiger partial charge in [-0.05, 0) is 47.0 Å². The fraction of sp³-hybridized carbons (Fsp3) is 0.917. The van der Waals surface area contributed by atoms with Gasteiger partial charge in [-0.2, -0.15) is 0 Å². The average molecular weight is 230 g/mol. The number of ether oxygens (including phenoxy) is 1. The summed E-state index contributed by atoms with van der Waals surface area (Å²) in [5.74, 6) is -0.155. The lowest BCUT2D eigenvalue weighted by Gasteiger charge is -2.12. The number of nitrogens with zero attached hydrogens (tertiary/aromatic N) is 1. The van der Waals surface area contributed by atoms with E-state index in [4.69, 9.17) is 4.74 Å². The molecule has 0 saturated carbocycles. The summed E-state index contributed by atoms with van der Waals surface area (Å²) in [6.45, 7) is 6.99. The molecule has 0 aliphatic carbocycles. The summed E-state index contributed by atoms with van der Waals surface area (Å²) in [5.41, 5.74) is 0. The summed E-state index contributed by atoms with van der Waals surface area (Å²) in [7, 11) is 4.16. The highest BCUT2D eigenvalue weighted by Gasteiger charge is 2.12. The molecule has 0 saturated heterocycles. The Hall–Kier alpha value is -0.610. The Balaban J connectivity index is 3.34. The van der Waals surface area contributed by atoms with Crippen LogP contribution in [0.5, 0.6) is 0 Å². The lowest BCUT2D eigenvalue weighted by molar-refractivity contribution is -0.147. The topological polar surface area (TPSA) is 41.6 Å². The molecule has 0 bridgehead atoms.